The molecule has 0 amide bonds. The van der Waals surface area contributed by atoms with Gasteiger partial charge in [0.15, 0.2) is 0 Å². The number of hydrogen-bond acceptors (Lipinski definition) is 2. The topological polar surface area (TPSA) is 18.5 Å². The Bertz CT molecular complexity index is 291. The van der Waals surface area contributed by atoms with Gasteiger partial charge in [0.1, 0.15) is 0 Å². The molecule has 0 aromatic carbocycles. The van der Waals surface area contributed by atoms with E-state index in [0.717, 1.165) is 37.2 Å². The fraction of sp³-hybridized carbons (Fsp3) is 0.500. The van der Waals surface area contributed by atoms with E-state index in [1.807, 2.05) is 0 Å². The molecule has 2 aliphatic carbocycles. The van der Waals surface area contributed by atoms with Crippen molar-refractivity contribution in [3.8, 4) is 0 Å². The maximum absolute atomic E-state index is 5.28. The van der Waals surface area contributed by atoms with E-state index in [1.165, 1.54) is 5.57 Å². The second-order valence-electron chi connectivity index (χ2n) is 3.72. The monoisotopic (exact) mass is 192 g/mol. The second kappa shape index (κ2) is 3.91. The Morgan fingerprint density at radius 2 is 1.36 bits per heavy atom. The summed E-state index contributed by atoms with van der Waals surface area (Å²) in [4.78, 5) is 0. The molecule has 76 valence electrons. The fourth-order valence-corrected chi connectivity index (χ4v) is 2.03. The number of rotatable bonds is 2. The number of allylic oxidation sites excluding steroid dienone is 5. The molecule has 0 N–H and O–H groups in total. The normalized spacial score (nSPS) is 21.0. The highest BCUT2D eigenvalue weighted by molar-refractivity contribution is 5.34. The molecule has 2 rings (SSSR count). The van der Waals surface area contributed by atoms with E-state index in [2.05, 4.69) is 12.2 Å². The van der Waals surface area contributed by atoms with E-state index < -0.39 is 0 Å². The molecule has 2 aliphatic rings. The maximum atomic E-state index is 5.28. The molecule has 0 saturated heterocycles. The van der Waals surface area contributed by atoms with Crippen molar-refractivity contribution >= 4 is 0 Å². The average molecular weight is 192 g/mol. The summed E-state index contributed by atoms with van der Waals surface area (Å²) in [6.45, 7) is 0. The SMILES string of the molecule is COC1=CCC2=C(C1)CC(OC)=CC2. The summed E-state index contributed by atoms with van der Waals surface area (Å²) in [5, 5.41) is 0. The zero-order valence-corrected chi connectivity index (χ0v) is 8.80. The molecule has 0 atom stereocenters. The Balaban J connectivity index is 2.07. The predicted molar refractivity (Wildman–Crippen MR) is 55.7 cm³/mol. The molecule has 0 aliphatic heterocycles. The third-order valence-electron chi connectivity index (χ3n) is 2.95. The van der Waals surface area contributed by atoms with Gasteiger partial charge in [0, 0.05) is 12.8 Å². The van der Waals surface area contributed by atoms with Crippen LogP contribution in [-0.2, 0) is 9.47 Å². The standard InChI is InChI=1S/C12H16O2/c1-13-11-5-3-9-4-6-12(14-2)8-10(9)7-11/h5-6H,3-4,7-8H2,1-2H3. The lowest BCUT2D eigenvalue weighted by molar-refractivity contribution is 0.266. The van der Waals surface area contributed by atoms with Crippen molar-refractivity contribution in [2.75, 3.05) is 14.2 Å². The van der Waals surface area contributed by atoms with E-state index >= 15 is 0 Å². The van der Waals surface area contributed by atoms with Gasteiger partial charge in [-0.05, 0) is 25.0 Å². The summed E-state index contributed by atoms with van der Waals surface area (Å²) >= 11 is 0. The lowest BCUT2D eigenvalue weighted by Crippen LogP contribution is -2.07. The van der Waals surface area contributed by atoms with E-state index in [-0.39, 0.29) is 0 Å². The van der Waals surface area contributed by atoms with Crippen molar-refractivity contribution in [1.29, 1.82) is 0 Å². The molecule has 0 saturated carbocycles. The highest BCUT2D eigenvalue weighted by atomic mass is 16.5. The van der Waals surface area contributed by atoms with Crippen molar-refractivity contribution in [2.24, 2.45) is 0 Å². The highest BCUT2D eigenvalue weighted by Crippen LogP contribution is 2.35. The first-order valence-corrected chi connectivity index (χ1v) is 4.99. The van der Waals surface area contributed by atoms with Crippen LogP contribution < -0.4 is 0 Å². The first-order valence-electron chi connectivity index (χ1n) is 4.99. The van der Waals surface area contributed by atoms with Crippen molar-refractivity contribution < 1.29 is 9.47 Å². The van der Waals surface area contributed by atoms with Gasteiger partial charge in [-0.2, -0.15) is 0 Å². The Hall–Kier alpha value is -1.18. The Morgan fingerprint density at radius 3 is 1.79 bits per heavy atom. The van der Waals surface area contributed by atoms with E-state index in [1.54, 1.807) is 19.8 Å². The predicted octanol–water partition coefficient (Wildman–Crippen LogP) is 2.93. The van der Waals surface area contributed by atoms with Gasteiger partial charge in [-0.15, -0.1) is 0 Å². The minimum absolute atomic E-state index is 0.965. The third kappa shape index (κ3) is 1.69. The summed E-state index contributed by atoms with van der Waals surface area (Å²) in [5.41, 5.74) is 3.04. The molecule has 0 aromatic rings. The second-order valence-corrected chi connectivity index (χ2v) is 3.72. The van der Waals surface area contributed by atoms with Crippen LogP contribution in [0.4, 0.5) is 0 Å². The summed E-state index contributed by atoms with van der Waals surface area (Å²) in [7, 11) is 3.49. The molecule has 0 radical (unpaired) electrons. The molecular weight excluding hydrogens is 176 g/mol. The van der Waals surface area contributed by atoms with E-state index in [0.29, 0.717) is 0 Å². The van der Waals surface area contributed by atoms with Crippen LogP contribution in [0.1, 0.15) is 25.7 Å². The Morgan fingerprint density at radius 1 is 0.857 bits per heavy atom. The lowest BCUT2D eigenvalue weighted by atomic mass is 9.87. The van der Waals surface area contributed by atoms with Crippen LogP contribution >= 0.6 is 0 Å². The van der Waals surface area contributed by atoms with Crippen LogP contribution in [0.5, 0.6) is 0 Å². The molecule has 2 heteroatoms. The van der Waals surface area contributed by atoms with E-state index in [9.17, 15) is 0 Å². The zero-order valence-electron chi connectivity index (χ0n) is 8.80. The molecule has 0 aromatic heterocycles. The fourth-order valence-electron chi connectivity index (χ4n) is 2.03. The van der Waals surface area contributed by atoms with Crippen LogP contribution in [0.15, 0.2) is 34.8 Å². The van der Waals surface area contributed by atoms with Gasteiger partial charge >= 0.3 is 0 Å². The molecule has 0 unspecified atom stereocenters. The molecule has 0 spiro atoms. The van der Waals surface area contributed by atoms with Crippen molar-refractivity contribution in [3.05, 3.63) is 34.8 Å². The zero-order chi connectivity index (χ0) is 9.97. The van der Waals surface area contributed by atoms with Gasteiger partial charge in [-0.3, -0.25) is 0 Å². The van der Waals surface area contributed by atoms with Crippen molar-refractivity contribution in [1.82, 2.24) is 0 Å². The molecule has 0 fully saturated rings. The summed E-state index contributed by atoms with van der Waals surface area (Å²) < 4.78 is 10.6. The quantitative estimate of drug-likeness (QED) is 0.626. The average Bonchev–Trinajstić information content (AvgIpc) is 2.27. The van der Waals surface area contributed by atoms with Gasteiger partial charge in [0.25, 0.3) is 0 Å². The van der Waals surface area contributed by atoms with Crippen LogP contribution in [0.2, 0.25) is 0 Å². The Labute approximate surface area is 84.9 Å². The summed E-state index contributed by atoms with van der Waals surface area (Å²) in [6, 6.07) is 0. The minimum atomic E-state index is 0.965. The van der Waals surface area contributed by atoms with Gasteiger partial charge in [0.05, 0.1) is 25.7 Å². The smallest absolute Gasteiger partial charge is 0.0959 e. The van der Waals surface area contributed by atoms with Crippen LogP contribution in [0, 0.1) is 0 Å². The molecule has 2 nitrogen and oxygen atoms in total. The lowest BCUT2D eigenvalue weighted by Gasteiger charge is -2.24. The first-order chi connectivity index (χ1) is 6.83. The number of hydrogen-bond donors (Lipinski definition) is 0. The molecular formula is C12H16O2. The van der Waals surface area contributed by atoms with Gasteiger partial charge < -0.3 is 9.47 Å². The van der Waals surface area contributed by atoms with Crippen molar-refractivity contribution in [2.45, 2.75) is 25.7 Å². The van der Waals surface area contributed by atoms with Crippen LogP contribution in [0.25, 0.3) is 0 Å². The highest BCUT2D eigenvalue weighted by Gasteiger charge is 2.18. The van der Waals surface area contributed by atoms with Crippen LogP contribution in [0.3, 0.4) is 0 Å². The largest absolute Gasteiger partial charge is 0.501 e. The molecule has 0 heterocycles. The molecule has 0 bridgehead atoms. The summed E-state index contributed by atoms with van der Waals surface area (Å²) in [5.74, 6) is 2.20. The van der Waals surface area contributed by atoms with Gasteiger partial charge in [-0.1, -0.05) is 11.1 Å². The molecule has 14 heavy (non-hydrogen) atoms. The number of methoxy groups -OCH3 is 2. The third-order valence-corrected chi connectivity index (χ3v) is 2.95. The first kappa shape index (κ1) is 9.38. The van der Waals surface area contributed by atoms with Gasteiger partial charge in [-0.25, -0.2) is 0 Å². The van der Waals surface area contributed by atoms with Crippen molar-refractivity contribution in [3.63, 3.8) is 0 Å². The van der Waals surface area contributed by atoms with Crippen LogP contribution in [-0.4, -0.2) is 14.2 Å². The maximum Gasteiger partial charge on any atom is 0.0959 e. The minimum Gasteiger partial charge on any atom is -0.501 e. The Kier molecular flexibility index (Phi) is 2.62. The van der Waals surface area contributed by atoms with Gasteiger partial charge in [0.2, 0.25) is 0 Å². The number of ether oxygens (including phenoxy) is 2. The van der Waals surface area contributed by atoms with E-state index in [4.69, 9.17) is 9.47 Å². The summed E-state index contributed by atoms with van der Waals surface area (Å²) in [6.07, 6.45) is 8.39.